The average Bonchev–Trinajstić information content (AvgIpc) is 2.41. The van der Waals surface area contributed by atoms with Crippen molar-refractivity contribution in [2.45, 2.75) is 0 Å². The number of para-hydroxylation sites is 4. The molecule has 0 atom stereocenters. The Kier molecular flexibility index (Phi) is 5.38. The van der Waals surface area contributed by atoms with Gasteiger partial charge in [0.05, 0.1) is 25.6 Å². The molecule has 0 radical (unpaired) electrons. The molecule has 4 nitrogen and oxygen atoms in total. The summed E-state index contributed by atoms with van der Waals surface area (Å²) < 4.78 is 9.84. The first-order chi connectivity index (χ1) is 8.69. The van der Waals surface area contributed by atoms with Crippen LogP contribution < -0.4 is 20.9 Å². The van der Waals surface area contributed by atoms with Gasteiger partial charge in [-0.2, -0.15) is 0 Å². The lowest BCUT2D eigenvalue weighted by Crippen LogP contribution is -1.89. The van der Waals surface area contributed by atoms with Gasteiger partial charge in [-0.3, -0.25) is 0 Å². The number of benzene rings is 2. The third-order valence-electron chi connectivity index (χ3n) is 2.28. The van der Waals surface area contributed by atoms with E-state index < -0.39 is 0 Å². The van der Waals surface area contributed by atoms with E-state index in [-0.39, 0.29) is 0 Å². The minimum atomic E-state index is 0.681. The first-order valence-electron chi connectivity index (χ1n) is 5.46. The number of ether oxygens (including phenoxy) is 2. The first kappa shape index (κ1) is 13.7. The maximum atomic E-state index is 5.51. The Morgan fingerprint density at radius 2 is 1.00 bits per heavy atom. The Morgan fingerprint density at radius 1 is 0.667 bits per heavy atom. The molecule has 0 heterocycles. The number of anilines is 2. The smallest absolute Gasteiger partial charge is 0.141 e. The summed E-state index contributed by atoms with van der Waals surface area (Å²) in [5.74, 6) is 1.47. The highest BCUT2D eigenvalue weighted by molar-refractivity contribution is 5.52. The molecule has 0 saturated carbocycles. The van der Waals surface area contributed by atoms with E-state index in [1.54, 1.807) is 26.4 Å². The minimum absolute atomic E-state index is 0.681. The van der Waals surface area contributed by atoms with Crippen molar-refractivity contribution in [2.24, 2.45) is 0 Å². The molecule has 0 fully saturated rings. The van der Waals surface area contributed by atoms with E-state index in [1.807, 2.05) is 36.4 Å². The molecule has 0 amide bonds. The van der Waals surface area contributed by atoms with Crippen LogP contribution >= 0.6 is 0 Å². The molecule has 0 unspecified atom stereocenters. The van der Waals surface area contributed by atoms with E-state index in [0.29, 0.717) is 11.4 Å². The zero-order chi connectivity index (χ0) is 13.4. The topological polar surface area (TPSA) is 70.5 Å². The number of hydrogen-bond acceptors (Lipinski definition) is 4. The highest BCUT2D eigenvalue weighted by atomic mass is 16.5. The Hall–Kier alpha value is -2.36. The lowest BCUT2D eigenvalue weighted by Gasteiger charge is -2.00. The molecule has 18 heavy (non-hydrogen) atoms. The summed E-state index contributed by atoms with van der Waals surface area (Å²) in [7, 11) is 3.21. The molecule has 0 spiro atoms. The molecule has 0 aliphatic carbocycles. The standard InChI is InChI=1S/2C7H9NO/c2*1-9-7-5-3-2-4-6(7)8/h2*2-5H,8H2,1H3. The van der Waals surface area contributed by atoms with Gasteiger partial charge in [0.1, 0.15) is 11.5 Å². The molecule has 2 aromatic rings. The molecule has 0 bridgehead atoms. The van der Waals surface area contributed by atoms with Gasteiger partial charge in [-0.15, -0.1) is 0 Å². The van der Waals surface area contributed by atoms with Gasteiger partial charge in [-0.05, 0) is 24.3 Å². The van der Waals surface area contributed by atoms with Gasteiger partial charge in [-0.25, -0.2) is 0 Å². The van der Waals surface area contributed by atoms with Crippen LogP contribution in [0.4, 0.5) is 11.4 Å². The summed E-state index contributed by atoms with van der Waals surface area (Å²) >= 11 is 0. The van der Waals surface area contributed by atoms with Crippen LogP contribution in [0.15, 0.2) is 48.5 Å². The SMILES string of the molecule is COc1ccccc1N.COc1ccccc1N. The highest BCUT2D eigenvalue weighted by Gasteiger charge is 1.92. The molecule has 4 heteroatoms. The molecule has 0 aromatic heterocycles. The van der Waals surface area contributed by atoms with Crippen molar-refractivity contribution in [1.29, 1.82) is 0 Å². The summed E-state index contributed by atoms with van der Waals surface area (Å²) in [6, 6.07) is 14.8. The Morgan fingerprint density at radius 3 is 1.22 bits per heavy atom. The molecular weight excluding hydrogens is 228 g/mol. The fourth-order valence-corrected chi connectivity index (χ4v) is 1.33. The Balaban J connectivity index is 0.000000180. The van der Waals surface area contributed by atoms with Crippen molar-refractivity contribution in [3.05, 3.63) is 48.5 Å². The molecule has 0 aliphatic rings. The fourth-order valence-electron chi connectivity index (χ4n) is 1.33. The van der Waals surface area contributed by atoms with E-state index in [4.69, 9.17) is 20.9 Å². The zero-order valence-electron chi connectivity index (χ0n) is 10.6. The maximum absolute atomic E-state index is 5.51. The molecule has 0 aliphatic heterocycles. The quantitative estimate of drug-likeness (QED) is 0.799. The van der Waals surface area contributed by atoms with Crippen LogP contribution in [0.2, 0.25) is 0 Å². The summed E-state index contributed by atoms with van der Waals surface area (Å²) in [6.45, 7) is 0. The largest absolute Gasteiger partial charge is 0.495 e. The average molecular weight is 246 g/mol. The highest BCUT2D eigenvalue weighted by Crippen LogP contribution is 2.18. The van der Waals surface area contributed by atoms with E-state index in [9.17, 15) is 0 Å². The van der Waals surface area contributed by atoms with Gasteiger partial charge >= 0.3 is 0 Å². The van der Waals surface area contributed by atoms with Gasteiger partial charge in [0.25, 0.3) is 0 Å². The van der Waals surface area contributed by atoms with Gasteiger partial charge in [-0.1, -0.05) is 24.3 Å². The first-order valence-corrected chi connectivity index (χ1v) is 5.46. The number of rotatable bonds is 2. The van der Waals surface area contributed by atoms with E-state index >= 15 is 0 Å². The molecule has 4 N–H and O–H groups in total. The summed E-state index contributed by atoms with van der Waals surface area (Å²) in [5, 5.41) is 0. The normalized spacial score (nSPS) is 9.00. The lowest BCUT2D eigenvalue weighted by atomic mass is 10.3. The molecule has 2 rings (SSSR count). The minimum Gasteiger partial charge on any atom is -0.495 e. The number of nitrogen functional groups attached to an aromatic ring is 2. The second-order valence-corrected chi connectivity index (χ2v) is 3.48. The molecule has 96 valence electrons. The lowest BCUT2D eigenvalue weighted by molar-refractivity contribution is 0.417. The summed E-state index contributed by atoms with van der Waals surface area (Å²) in [6.07, 6.45) is 0. The second kappa shape index (κ2) is 7.06. The fraction of sp³-hybridized carbons (Fsp3) is 0.143. The summed E-state index contributed by atoms with van der Waals surface area (Å²) in [5.41, 5.74) is 12.4. The number of hydrogen-bond donors (Lipinski definition) is 2. The van der Waals surface area contributed by atoms with Crippen LogP contribution in [0.1, 0.15) is 0 Å². The van der Waals surface area contributed by atoms with Crippen molar-refractivity contribution in [1.82, 2.24) is 0 Å². The van der Waals surface area contributed by atoms with Gasteiger partial charge < -0.3 is 20.9 Å². The van der Waals surface area contributed by atoms with Crippen LogP contribution in [-0.2, 0) is 0 Å². The monoisotopic (exact) mass is 246 g/mol. The van der Waals surface area contributed by atoms with Crippen molar-refractivity contribution in [3.63, 3.8) is 0 Å². The predicted molar refractivity (Wildman–Crippen MR) is 74.8 cm³/mol. The maximum Gasteiger partial charge on any atom is 0.141 e. The second-order valence-electron chi connectivity index (χ2n) is 3.48. The van der Waals surface area contributed by atoms with Gasteiger partial charge in [0.2, 0.25) is 0 Å². The third-order valence-corrected chi connectivity index (χ3v) is 2.28. The Bertz CT molecular complexity index is 441. The van der Waals surface area contributed by atoms with Crippen molar-refractivity contribution in [3.8, 4) is 11.5 Å². The molecule has 0 saturated heterocycles. The number of nitrogens with two attached hydrogens (primary N) is 2. The summed E-state index contributed by atoms with van der Waals surface area (Å²) in [4.78, 5) is 0. The van der Waals surface area contributed by atoms with Crippen LogP contribution in [0.25, 0.3) is 0 Å². The van der Waals surface area contributed by atoms with Crippen LogP contribution in [-0.4, -0.2) is 14.2 Å². The Labute approximate surface area is 107 Å². The van der Waals surface area contributed by atoms with Crippen molar-refractivity contribution >= 4 is 11.4 Å². The van der Waals surface area contributed by atoms with Gasteiger partial charge in [0.15, 0.2) is 0 Å². The van der Waals surface area contributed by atoms with Crippen LogP contribution in [0, 0.1) is 0 Å². The van der Waals surface area contributed by atoms with E-state index in [1.165, 1.54) is 0 Å². The van der Waals surface area contributed by atoms with Crippen LogP contribution in [0.5, 0.6) is 11.5 Å². The van der Waals surface area contributed by atoms with Crippen molar-refractivity contribution in [2.75, 3.05) is 25.7 Å². The van der Waals surface area contributed by atoms with E-state index in [0.717, 1.165) is 11.5 Å². The van der Waals surface area contributed by atoms with Gasteiger partial charge in [0, 0.05) is 0 Å². The predicted octanol–water partition coefficient (Wildman–Crippen LogP) is 2.55. The third kappa shape index (κ3) is 3.90. The molecule has 2 aromatic carbocycles. The van der Waals surface area contributed by atoms with Crippen LogP contribution in [0.3, 0.4) is 0 Å². The molecular formula is C14H18N2O2. The van der Waals surface area contributed by atoms with E-state index in [2.05, 4.69) is 0 Å². The number of methoxy groups -OCH3 is 2. The zero-order valence-corrected chi connectivity index (χ0v) is 10.6. The van der Waals surface area contributed by atoms with Crippen molar-refractivity contribution < 1.29 is 9.47 Å².